The number of nitrogens with one attached hydrogen (secondary N) is 1. The Morgan fingerprint density at radius 2 is 2.05 bits per heavy atom. The number of nitrogens with zero attached hydrogens (tertiary/aromatic N) is 2. The van der Waals surface area contributed by atoms with Crippen molar-refractivity contribution in [2.24, 2.45) is 0 Å². The minimum Gasteiger partial charge on any atom is -0.357 e. The van der Waals surface area contributed by atoms with Gasteiger partial charge in [0.1, 0.15) is 10.6 Å². The Kier molecular flexibility index (Phi) is 3.39. The molecule has 0 saturated carbocycles. The number of halogens is 1. The monoisotopic (exact) mass is 287 g/mol. The van der Waals surface area contributed by atoms with E-state index in [2.05, 4.69) is 15.3 Å². The van der Waals surface area contributed by atoms with Crippen molar-refractivity contribution in [1.29, 1.82) is 0 Å². The van der Waals surface area contributed by atoms with Crippen LogP contribution in [-0.4, -0.2) is 9.97 Å². The van der Waals surface area contributed by atoms with Crippen molar-refractivity contribution in [3.63, 3.8) is 0 Å². The first-order valence-corrected chi connectivity index (χ1v) is 6.78. The van der Waals surface area contributed by atoms with E-state index in [-0.39, 0.29) is 5.39 Å². The number of anilines is 1. The lowest BCUT2D eigenvalue weighted by Crippen LogP contribution is -2.10. The quantitative estimate of drug-likeness (QED) is 0.805. The fraction of sp³-hybridized carbons (Fsp3) is 0.0714. The van der Waals surface area contributed by atoms with E-state index < -0.39 is 11.4 Å². The normalized spacial score (nSPS) is 10.7. The van der Waals surface area contributed by atoms with E-state index in [0.717, 1.165) is 17.8 Å². The highest BCUT2D eigenvalue weighted by molar-refractivity contribution is 7.21. The first-order valence-electron chi connectivity index (χ1n) is 5.96. The maximum atomic E-state index is 13.0. The molecule has 100 valence electrons. The maximum Gasteiger partial charge on any atom is 0.282 e. The van der Waals surface area contributed by atoms with Gasteiger partial charge in [0, 0.05) is 6.54 Å². The van der Waals surface area contributed by atoms with E-state index in [9.17, 15) is 9.18 Å². The first-order chi connectivity index (χ1) is 9.72. The van der Waals surface area contributed by atoms with Crippen LogP contribution >= 0.6 is 11.3 Å². The summed E-state index contributed by atoms with van der Waals surface area (Å²) in [6.45, 7) is 0.566. The molecule has 0 saturated heterocycles. The lowest BCUT2D eigenvalue weighted by molar-refractivity contribution is 0.624. The Labute approximate surface area is 118 Å². The summed E-state index contributed by atoms with van der Waals surface area (Å²) in [7, 11) is 0. The molecule has 6 heteroatoms. The van der Waals surface area contributed by atoms with Crippen LogP contribution in [0.3, 0.4) is 0 Å². The summed E-state index contributed by atoms with van der Waals surface area (Å²) < 4.78 is 13.0. The van der Waals surface area contributed by atoms with Gasteiger partial charge in [-0.05, 0) is 11.6 Å². The Bertz CT molecular complexity index is 804. The van der Waals surface area contributed by atoms with Crippen LogP contribution in [0, 0.1) is 5.82 Å². The molecule has 0 spiro atoms. The van der Waals surface area contributed by atoms with Gasteiger partial charge in [-0.3, -0.25) is 4.79 Å². The molecule has 0 unspecified atom stereocenters. The van der Waals surface area contributed by atoms with E-state index in [1.165, 1.54) is 11.3 Å². The van der Waals surface area contributed by atoms with Crippen LogP contribution in [0.5, 0.6) is 0 Å². The predicted molar refractivity (Wildman–Crippen MR) is 77.4 cm³/mol. The maximum absolute atomic E-state index is 13.0. The number of rotatable bonds is 3. The summed E-state index contributed by atoms with van der Waals surface area (Å²) in [4.78, 5) is 20.1. The van der Waals surface area contributed by atoms with E-state index in [1.54, 1.807) is 0 Å². The second kappa shape index (κ2) is 5.34. The molecule has 3 rings (SSSR count). The molecule has 0 amide bonds. The van der Waals surface area contributed by atoms with Gasteiger partial charge in [0.15, 0.2) is 5.13 Å². The van der Waals surface area contributed by atoms with E-state index in [0.29, 0.717) is 16.5 Å². The summed E-state index contributed by atoms with van der Waals surface area (Å²) in [6, 6.07) is 10.9. The van der Waals surface area contributed by atoms with Crippen LogP contribution in [0.25, 0.3) is 10.2 Å². The van der Waals surface area contributed by atoms with Gasteiger partial charge >= 0.3 is 0 Å². The Morgan fingerprint density at radius 1 is 1.25 bits per heavy atom. The van der Waals surface area contributed by atoms with Crippen molar-refractivity contribution in [2.45, 2.75) is 6.54 Å². The van der Waals surface area contributed by atoms with Crippen LogP contribution in [0.1, 0.15) is 5.56 Å². The third kappa shape index (κ3) is 2.65. The number of aromatic nitrogens is 2. The summed E-state index contributed by atoms with van der Waals surface area (Å²) >= 11 is 1.23. The molecule has 0 aliphatic rings. The van der Waals surface area contributed by atoms with Crippen molar-refractivity contribution in [3.05, 3.63) is 64.3 Å². The molecule has 3 aromatic rings. The minimum absolute atomic E-state index is 0.209. The Morgan fingerprint density at radius 3 is 2.85 bits per heavy atom. The highest BCUT2D eigenvalue weighted by atomic mass is 32.1. The van der Waals surface area contributed by atoms with Gasteiger partial charge in [-0.25, -0.2) is 9.37 Å². The second-order valence-corrected chi connectivity index (χ2v) is 5.15. The van der Waals surface area contributed by atoms with Crippen LogP contribution in [0.2, 0.25) is 0 Å². The van der Waals surface area contributed by atoms with Gasteiger partial charge in [0.05, 0.1) is 11.6 Å². The molecule has 0 aliphatic carbocycles. The third-order valence-electron chi connectivity index (χ3n) is 2.73. The molecule has 1 aromatic carbocycles. The first kappa shape index (κ1) is 12.7. The summed E-state index contributed by atoms with van der Waals surface area (Å²) in [5, 5.41) is 3.77. The second-order valence-electron chi connectivity index (χ2n) is 4.17. The third-order valence-corrected chi connectivity index (χ3v) is 3.68. The lowest BCUT2D eigenvalue weighted by atomic mass is 10.2. The largest absolute Gasteiger partial charge is 0.357 e. The smallest absolute Gasteiger partial charge is 0.282 e. The molecule has 1 N–H and O–H groups in total. The van der Waals surface area contributed by atoms with Crippen molar-refractivity contribution >= 4 is 26.7 Å². The molecule has 20 heavy (non-hydrogen) atoms. The Balaban J connectivity index is 1.89. The predicted octanol–water partition coefficient (Wildman–Crippen LogP) is 2.80. The standard InChI is InChI=1S/C14H10FN3OS/c15-10-6-11-12(19)18-14(20-13(11)16-8-10)17-7-9-4-2-1-3-5-9/h1-6,8H,7H2,(H,17,18,19). The number of hydrogen-bond donors (Lipinski definition) is 1. The van der Waals surface area contributed by atoms with Crippen LogP contribution in [0.4, 0.5) is 9.52 Å². The molecule has 0 radical (unpaired) electrons. The van der Waals surface area contributed by atoms with Crippen molar-refractivity contribution in [2.75, 3.05) is 5.32 Å². The zero-order chi connectivity index (χ0) is 13.9. The van der Waals surface area contributed by atoms with Gasteiger partial charge < -0.3 is 5.32 Å². The molecule has 4 nitrogen and oxygen atoms in total. The summed E-state index contributed by atoms with van der Waals surface area (Å²) in [5.41, 5.74) is 0.613. The molecular weight excluding hydrogens is 277 g/mol. The van der Waals surface area contributed by atoms with Gasteiger partial charge in [-0.15, -0.1) is 0 Å². The van der Waals surface area contributed by atoms with Crippen LogP contribution < -0.4 is 10.9 Å². The average Bonchev–Trinajstić information content (AvgIpc) is 2.47. The average molecular weight is 287 g/mol. The molecule has 0 aliphatic heterocycles. The number of benzene rings is 1. The van der Waals surface area contributed by atoms with E-state index >= 15 is 0 Å². The van der Waals surface area contributed by atoms with Gasteiger partial charge in [0.2, 0.25) is 0 Å². The number of fused-ring (bicyclic) bond motifs is 1. The minimum atomic E-state index is -0.534. The lowest BCUT2D eigenvalue weighted by Gasteiger charge is -2.05. The summed E-state index contributed by atoms with van der Waals surface area (Å²) in [5.74, 6) is -0.534. The van der Waals surface area contributed by atoms with Crippen molar-refractivity contribution in [1.82, 2.24) is 9.97 Å². The molecule has 2 heterocycles. The van der Waals surface area contributed by atoms with Gasteiger partial charge in [-0.2, -0.15) is 4.98 Å². The SMILES string of the molecule is O=c1nc(NCc2ccccc2)sc2ncc(F)cc12. The fourth-order valence-electron chi connectivity index (χ4n) is 1.78. The zero-order valence-electron chi connectivity index (χ0n) is 10.3. The van der Waals surface area contributed by atoms with Gasteiger partial charge in [0.25, 0.3) is 5.56 Å². The highest BCUT2D eigenvalue weighted by Crippen LogP contribution is 2.19. The van der Waals surface area contributed by atoms with E-state index in [1.807, 2.05) is 30.3 Å². The molecule has 2 aromatic heterocycles. The molecule has 0 fully saturated rings. The molecule has 0 bridgehead atoms. The molecular formula is C14H10FN3OS. The van der Waals surface area contributed by atoms with Gasteiger partial charge in [-0.1, -0.05) is 41.7 Å². The topological polar surface area (TPSA) is 54.9 Å². The highest BCUT2D eigenvalue weighted by Gasteiger charge is 2.06. The fourth-order valence-corrected chi connectivity index (χ4v) is 2.59. The van der Waals surface area contributed by atoms with Crippen LogP contribution in [0.15, 0.2) is 47.4 Å². The zero-order valence-corrected chi connectivity index (χ0v) is 11.2. The summed E-state index contributed by atoms with van der Waals surface area (Å²) in [6.07, 6.45) is 1.10. The number of pyridine rings is 1. The number of hydrogen-bond acceptors (Lipinski definition) is 5. The van der Waals surface area contributed by atoms with Crippen molar-refractivity contribution in [3.8, 4) is 0 Å². The van der Waals surface area contributed by atoms with Crippen molar-refractivity contribution < 1.29 is 4.39 Å². The van der Waals surface area contributed by atoms with E-state index in [4.69, 9.17) is 0 Å². The molecule has 0 atom stereocenters. The Hall–Kier alpha value is -2.34. The van der Waals surface area contributed by atoms with Crippen LogP contribution in [-0.2, 0) is 6.54 Å².